The van der Waals surface area contributed by atoms with Crippen LogP contribution in [0.4, 0.5) is 4.79 Å². The normalized spacial score (nSPS) is 25.5. The highest BCUT2D eigenvalue weighted by molar-refractivity contribution is 5.88. The number of nitrogens with zero attached hydrogens (tertiary/aromatic N) is 1. The van der Waals surface area contributed by atoms with Crippen molar-refractivity contribution in [2.75, 3.05) is 0 Å². The Bertz CT molecular complexity index is 1010. The molecule has 1 aromatic carbocycles. The smallest absolute Gasteiger partial charge is 0.408 e. The summed E-state index contributed by atoms with van der Waals surface area (Å²) in [6.45, 7) is 5.66. The molecule has 0 bridgehead atoms. The number of carbonyl (C=O) groups excluding carboxylic acids is 3. The maximum Gasteiger partial charge on any atom is 0.408 e. The molecule has 2 rings (SSSR count). The summed E-state index contributed by atoms with van der Waals surface area (Å²) in [5, 5.41) is 13.3. The van der Waals surface area contributed by atoms with Crippen LogP contribution in [-0.2, 0) is 25.8 Å². The molecule has 4 atom stereocenters. The van der Waals surface area contributed by atoms with E-state index in [1.807, 2.05) is 30.3 Å². The van der Waals surface area contributed by atoms with Crippen LogP contribution in [0.5, 0.6) is 0 Å². The molecule has 8 heteroatoms. The number of hydrogen-bond acceptors (Lipinski definition) is 6. The molecule has 0 unspecified atom stereocenters. The number of carbonyl (C=O) groups is 3. The monoisotopic (exact) mass is 486 g/mol. The highest BCUT2D eigenvalue weighted by Crippen LogP contribution is 2.37. The van der Waals surface area contributed by atoms with Gasteiger partial charge in [0.05, 0.1) is 17.1 Å². The number of hydrogen-bond donors (Lipinski definition) is 2. The van der Waals surface area contributed by atoms with Crippen LogP contribution in [0.15, 0.2) is 30.3 Å². The first kappa shape index (κ1) is 22.0. The van der Waals surface area contributed by atoms with Crippen LogP contribution in [0.25, 0.3) is 0 Å². The van der Waals surface area contributed by atoms with Crippen LogP contribution < -0.4 is 5.32 Å². The SMILES string of the molecule is C.[2H]C([2H])([2H])[C@@](C)(O)[C@H](NC(=O)OC(C)(C)C)C(=O)CC.[2H]C([2H])([2H])[C@@]1(C)[C@H](C)C(=O)N1OCc1ccccc1. The summed E-state index contributed by atoms with van der Waals surface area (Å²) >= 11 is 0. The van der Waals surface area contributed by atoms with Gasteiger partial charge in [0.2, 0.25) is 0 Å². The molecule has 1 aromatic rings. The number of Topliss-reactive ketones (excluding diaryl/α,β-unsaturated/α-hetero) is 1. The van der Waals surface area contributed by atoms with Gasteiger partial charge in [0.25, 0.3) is 5.91 Å². The van der Waals surface area contributed by atoms with Gasteiger partial charge in [-0.2, -0.15) is 0 Å². The molecule has 1 aliphatic heterocycles. The van der Waals surface area contributed by atoms with Gasteiger partial charge in [0.1, 0.15) is 18.2 Å². The topological polar surface area (TPSA) is 105 Å². The maximum absolute atomic E-state index is 11.8. The molecule has 0 radical (unpaired) electrons. The van der Waals surface area contributed by atoms with Crippen LogP contribution in [0, 0.1) is 5.92 Å². The third-order valence-corrected chi connectivity index (χ3v) is 4.93. The van der Waals surface area contributed by atoms with Gasteiger partial charge < -0.3 is 15.2 Å². The standard InChI is InChI=1S/C13H17NO2.C12H23NO4.CH4/c1-10-12(15)14(13(10,2)3)16-9-11-7-5-4-6-8-11;1-7-8(14)9(12(5,6)16)13-10(15)17-11(2,3)4;/h4-8,10H,9H2,1-3H3;9,16H,7H2,1-6H3,(H,13,15);1H4/t10-;9-;/m11./s1/i2D3;5D3;/t10-,13-;9-,12+;. The van der Waals surface area contributed by atoms with E-state index in [-0.39, 0.29) is 26.4 Å². The van der Waals surface area contributed by atoms with E-state index < -0.39 is 54.3 Å². The van der Waals surface area contributed by atoms with E-state index in [1.54, 1.807) is 27.7 Å². The summed E-state index contributed by atoms with van der Waals surface area (Å²) in [4.78, 5) is 40.7. The predicted octanol–water partition coefficient (Wildman–Crippen LogP) is 4.64. The molecule has 8 nitrogen and oxygen atoms in total. The van der Waals surface area contributed by atoms with Crippen LogP contribution in [-0.4, -0.2) is 50.7 Å². The zero-order valence-electron chi connectivity index (χ0n) is 26.4. The van der Waals surface area contributed by atoms with Crippen molar-refractivity contribution < 1.29 is 37.3 Å². The molecule has 1 aliphatic rings. The van der Waals surface area contributed by atoms with Gasteiger partial charge in [-0.1, -0.05) is 51.6 Å². The Kier molecular flexibility index (Phi) is 7.98. The average Bonchev–Trinajstić information content (AvgIpc) is 2.80. The third kappa shape index (κ3) is 9.06. The lowest BCUT2D eigenvalue weighted by atomic mass is 9.80. The van der Waals surface area contributed by atoms with E-state index in [2.05, 4.69) is 5.32 Å². The summed E-state index contributed by atoms with van der Waals surface area (Å²) in [5.74, 6) is -1.43. The Morgan fingerprint density at radius 3 is 2.32 bits per heavy atom. The molecule has 0 aliphatic carbocycles. The molecule has 0 aromatic heterocycles. The first-order valence-electron chi connectivity index (χ1n) is 13.8. The average molecular weight is 487 g/mol. The van der Waals surface area contributed by atoms with Gasteiger partial charge in [-0.25, -0.2) is 9.86 Å². The molecular weight excluding hydrogens is 436 g/mol. The zero-order chi connectivity index (χ0) is 30.6. The second-order valence-electron chi connectivity index (χ2n) is 9.31. The zero-order valence-corrected chi connectivity index (χ0v) is 20.4. The Labute approximate surface area is 213 Å². The fourth-order valence-corrected chi connectivity index (χ4v) is 2.83. The molecule has 0 saturated carbocycles. The molecule has 0 spiro atoms. The summed E-state index contributed by atoms with van der Waals surface area (Å²) in [7, 11) is 0. The number of nitrogens with one attached hydrogen (secondary N) is 1. The lowest BCUT2D eigenvalue weighted by Gasteiger charge is -2.50. The number of benzene rings is 1. The van der Waals surface area contributed by atoms with Crippen molar-refractivity contribution in [3.8, 4) is 0 Å². The van der Waals surface area contributed by atoms with Crippen molar-refractivity contribution in [1.29, 1.82) is 0 Å². The molecule has 34 heavy (non-hydrogen) atoms. The minimum atomic E-state index is -2.82. The fourth-order valence-electron chi connectivity index (χ4n) is 2.83. The predicted molar refractivity (Wildman–Crippen MR) is 133 cm³/mol. The van der Waals surface area contributed by atoms with E-state index in [0.29, 0.717) is 0 Å². The number of β-lactam (4-membered cyclic amide) rings is 1. The highest BCUT2D eigenvalue weighted by Gasteiger charge is 2.52. The summed E-state index contributed by atoms with van der Waals surface area (Å²) in [5.41, 5.74) is -3.53. The highest BCUT2D eigenvalue weighted by atomic mass is 16.7. The van der Waals surface area contributed by atoms with E-state index in [0.717, 1.165) is 17.6 Å². The molecule has 1 fully saturated rings. The number of aliphatic hydroxyl groups is 1. The van der Waals surface area contributed by atoms with Gasteiger partial charge in [-0.05, 0) is 53.9 Å². The van der Waals surface area contributed by atoms with Crippen molar-refractivity contribution in [2.24, 2.45) is 5.92 Å². The molecule has 194 valence electrons. The van der Waals surface area contributed by atoms with Crippen LogP contribution in [0.3, 0.4) is 0 Å². The first-order chi connectivity index (χ1) is 17.5. The van der Waals surface area contributed by atoms with Crippen molar-refractivity contribution >= 4 is 17.8 Å². The Morgan fingerprint density at radius 1 is 1.26 bits per heavy atom. The lowest BCUT2D eigenvalue weighted by molar-refractivity contribution is -0.270. The number of ether oxygens (including phenoxy) is 1. The van der Waals surface area contributed by atoms with E-state index in [9.17, 15) is 19.5 Å². The summed E-state index contributed by atoms with van der Waals surface area (Å²) in [6.07, 6.45) is -0.971. The fraction of sp³-hybridized carbons (Fsp3) is 0.654. The number of hydroxylamine groups is 2. The minimum Gasteiger partial charge on any atom is -0.444 e. The lowest BCUT2D eigenvalue weighted by Crippen LogP contribution is -2.66. The second-order valence-corrected chi connectivity index (χ2v) is 9.31. The van der Waals surface area contributed by atoms with Crippen LogP contribution in [0.1, 0.15) is 89.8 Å². The number of rotatable bonds is 7. The van der Waals surface area contributed by atoms with Crippen LogP contribution in [0.2, 0.25) is 0 Å². The Hall–Kier alpha value is -2.45. The number of ketones is 1. The Balaban J connectivity index is 0.000000742. The number of amides is 2. The van der Waals surface area contributed by atoms with Gasteiger partial charge in [-0.15, -0.1) is 0 Å². The first-order valence-corrected chi connectivity index (χ1v) is 10.8. The maximum atomic E-state index is 11.8. The number of alkyl carbamates (subject to hydrolysis) is 1. The third-order valence-electron chi connectivity index (χ3n) is 4.93. The molecular formula is C26H44N2O6. The van der Waals surface area contributed by atoms with Crippen LogP contribution >= 0.6 is 0 Å². The summed E-state index contributed by atoms with van der Waals surface area (Å²) in [6, 6.07) is 7.77. The second kappa shape index (κ2) is 12.3. The Morgan fingerprint density at radius 2 is 1.85 bits per heavy atom. The molecule has 1 saturated heterocycles. The van der Waals surface area contributed by atoms with Crippen molar-refractivity contribution in [3.05, 3.63) is 35.9 Å². The van der Waals surface area contributed by atoms with Crippen molar-refractivity contribution in [2.45, 2.75) is 105 Å². The van der Waals surface area contributed by atoms with Gasteiger partial charge in [0.15, 0.2) is 5.78 Å². The summed E-state index contributed by atoms with van der Waals surface area (Å²) < 4.78 is 49.6. The quantitative estimate of drug-likeness (QED) is 0.544. The minimum absolute atomic E-state index is 0. The van der Waals surface area contributed by atoms with Gasteiger partial charge in [0, 0.05) is 14.6 Å². The van der Waals surface area contributed by atoms with Crippen molar-refractivity contribution in [1.82, 2.24) is 10.4 Å². The van der Waals surface area contributed by atoms with Gasteiger partial charge in [-0.3, -0.25) is 14.4 Å². The van der Waals surface area contributed by atoms with E-state index >= 15 is 0 Å². The van der Waals surface area contributed by atoms with E-state index in [4.69, 9.17) is 17.8 Å². The van der Waals surface area contributed by atoms with E-state index in [1.165, 1.54) is 13.8 Å². The largest absolute Gasteiger partial charge is 0.444 e. The molecule has 2 N–H and O–H groups in total. The van der Waals surface area contributed by atoms with Crippen molar-refractivity contribution in [3.63, 3.8) is 0 Å². The van der Waals surface area contributed by atoms with Gasteiger partial charge >= 0.3 is 6.09 Å². The molecule has 1 heterocycles. The molecule has 2 amide bonds.